The standard InChI is InChI=1S/C18H37NO/c1-2-3-4-5-6-7-8-9-10-13-16-20-18-15-12-11-14-17(18)19/h17-18H,2-16,19H2,1H3. The first-order valence-electron chi connectivity index (χ1n) is 9.21. The van der Waals surface area contributed by atoms with Crippen LogP contribution in [-0.2, 0) is 4.74 Å². The zero-order valence-corrected chi connectivity index (χ0v) is 13.7. The summed E-state index contributed by atoms with van der Waals surface area (Å²) in [4.78, 5) is 0. The Morgan fingerprint density at radius 1 is 0.800 bits per heavy atom. The van der Waals surface area contributed by atoms with E-state index in [1.807, 2.05) is 0 Å². The van der Waals surface area contributed by atoms with Gasteiger partial charge in [0.25, 0.3) is 0 Å². The first kappa shape index (κ1) is 18.0. The molecular weight excluding hydrogens is 246 g/mol. The van der Waals surface area contributed by atoms with E-state index in [4.69, 9.17) is 10.5 Å². The van der Waals surface area contributed by atoms with E-state index in [2.05, 4.69) is 6.92 Å². The molecule has 0 aliphatic heterocycles. The predicted octanol–water partition coefficient (Wildman–Crippen LogP) is 5.19. The molecule has 1 rings (SSSR count). The van der Waals surface area contributed by atoms with Gasteiger partial charge in [0.15, 0.2) is 0 Å². The lowest BCUT2D eigenvalue weighted by molar-refractivity contribution is 0.0132. The van der Waals surface area contributed by atoms with Gasteiger partial charge in [0.1, 0.15) is 0 Å². The summed E-state index contributed by atoms with van der Waals surface area (Å²) in [5.74, 6) is 0. The molecular formula is C18H37NO. The molecule has 0 aromatic heterocycles. The van der Waals surface area contributed by atoms with Crippen LogP contribution in [0.4, 0.5) is 0 Å². The molecule has 1 saturated carbocycles. The smallest absolute Gasteiger partial charge is 0.0725 e. The number of hydrogen-bond donors (Lipinski definition) is 1. The average Bonchev–Trinajstić information content (AvgIpc) is 2.46. The van der Waals surface area contributed by atoms with Crippen LogP contribution in [0, 0.1) is 0 Å². The van der Waals surface area contributed by atoms with Crippen LogP contribution in [-0.4, -0.2) is 18.8 Å². The molecule has 0 amide bonds. The molecule has 0 aromatic carbocycles. The lowest BCUT2D eigenvalue weighted by atomic mass is 9.93. The molecule has 0 bridgehead atoms. The minimum absolute atomic E-state index is 0.298. The van der Waals surface area contributed by atoms with E-state index < -0.39 is 0 Å². The van der Waals surface area contributed by atoms with Gasteiger partial charge in [-0.2, -0.15) is 0 Å². The van der Waals surface area contributed by atoms with Crippen molar-refractivity contribution >= 4 is 0 Å². The van der Waals surface area contributed by atoms with Crippen LogP contribution in [0.2, 0.25) is 0 Å². The second kappa shape index (κ2) is 12.6. The van der Waals surface area contributed by atoms with Gasteiger partial charge in [-0.15, -0.1) is 0 Å². The molecule has 1 aliphatic rings. The Morgan fingerprint density at radius 3 is 1.95 bits per heavy atom. The summed E-state index contributed by atoms with van der Waals surface area (Å²) in [6, 6.07) is 0.298. The average molecular weight is 283 g/mol. The number of hydrogen-bond acceptors (Lipinski definition) is 2. The van der Waals surface area contributed by atoms with Crippen LogP contribution in [0.1, 0.15) is 96.8 Å². The Morgan fingerprint density at radius 2 is 1.35 bits per heavy atom. The van der Waals surface area contributed by atoms with Crippen molar-refractivity contribution in [3.63, 3.8) is 0 Å². The third-order valence-electron chi connectivity index (χ3n) is 4.58. The topological polar surface area (TPSA) is 35.2 Å². The molecule has 2 nitrogen and oxygen atoms in total. The zero-order valence-electron chi connectivity index (χ0n) is 13.7. The molecule has 2 heteroatoms. The van der Waals surface area contributed by atoms with Crippen LogP contribution in [0.5, 0.6) is 0 Å². The molecule has 2 N–H and O–H groups in total. The van der Waals surface area contributed by atoms with Gasteiger partial charge < -0.3 is 10.5 Å². The second-order valence-electron chi connectivity index (χ2n) is 6.54. The molecule has 120 valence electrons. The van der Waals surface area contributed by atoms with Crippen molar-refractivity contribution in [1.82, 2.24) is 0 Å². The van der Waals surface area contributed by atoms with Crippen molar-refractivity contribution in [3.8, 4) is 0 Å². The monoisotopic (exact) mass is 283 g/mol. The number of unbranched alkanes of at least 4 members (excludes halogenated alkanes) is 9. The van der Waals surface area contributed by atoms with Crippen molar-refractivity contribution in [1.29, 1.82) is 0 Å². The van der Waals surface area contributed by atoms with Gasteiger partial charge in [-0.1, -0.05) is 77.6 Å². The van der Waals surface area contributed by atoms with E-state index in [-0.39, 0.29) is 0 Å². The molecule has 1 fully saturated rings. The Kier molecular flexibility index (Phi) is 11.4. The molecule has 1 aliphatic carbocycles. The summed E-state index contributed by atoms with van der Waals surface area (Å²) in [6.07, 6.45) is 19.1. The summed E-state index contributed by atoms with van der Waals surface area (Å²) >= 11 is 0. The summed E-state index contributed by atoms with van der Waals surface area (Å²) in [7, 11) is 0. The highest BCUT2D eigenvalue weighted by atomic mass is 16.5. The van der Waals surface area contributed by atoms with E-state index >= 15 is 0 Å². The quantitative estimate of drug-likeness (QED) is 0.500. The maximum absolute atomic E-state index is 6.08. The highest BCUT2D eigenvalue weighted by Gasteiger charge is 2.21. The number of ether oxygens (including phenoxy) is 1. The normalized spacial score (nSPS) is 23.1. The van der Waals surface area contributed by atoms with E-state index in [9.17, 15) is 0 Å². The third kappa shape index (κ3) is 8.97. The fourth-order valence-corrected chi connectivity index (χ4v) is 3.16. The molecule has 2 unspecified atom stereocenters. The van der Waals surface area contributed by atoms with Crippen LogP contribution in [0.25, 0.3) is 0 Å². The Balaban J connectivity index is 1.78. The molecule has 20 heavy (non-hydrogen) atoms. The van der Waals surface area contributed by atoms with E-state index in [0.717, 1.165) is 13.0 Å². The molecule has 0 radical (unpaired) electrons. The molecule has 0 aromatic rings. The summed E-state index contributed by atoms with van der Waals surface area (Å²) in [5, 5.41) is 0. The van der Waals surface area contributed by atoms with Gasteiger partial charge in [-0.3, -0.25) is 0 Å². The summed E-state index contributed by atoms with van der Waals surface area (Å²) in [6.45, 7) is 3.21. The highest BCUT2D eigenvalue weighted by Crippen LogP contribution is 2.20. The highest BCUT2D eigenvalue weighted by molar-refractivity contribution is 4.78. The number of nitrogens with two attached hydrogens (primary N) is 1. The van der Waals surface area contributed by atoms with Crippen molar-refractivity contribution in [2.45, 2.75) is 109 Å². The predicted molar refractivity (Wildman–Crippen MR) is 88.0 cm³/mol. The third-order valence-corrected chi connectivity index (χ3v) is 4.58. The maximum atomic E-state index is 6.08. The van der Waals surface area contributed by atoms with Crippen LogP contribution < -0.4 is 5.73 Å². The fraction of sp³-hybridized carbons (Fsp3) is 1.00. The minimum Gasteiger partial charge on any atom is -0.377 e. The fourth-order valence-electron chi connectivity index (χ4n) is 3.16. The lowest BCUT2D eigenvalue weighted by Gasteiger charge is -2.28. The minimum atomic E-state index is 0.298. The second-order valence-corrected chi connectivity index (χ2v) is 6.54. The van der Waals surface area contributed by atoms with Crippen molar-refractivity contribution in [2.24, 2.45) is 5.73 Å². The molecule has 0 heterocycles. The van der Waals surface area contributed by atoms with Gasteiger partial charge in [-0.05, 0) is 19.3 Å². The van der Waals surface area contributed by atoms with Crippen LogP contribution in [0.3, 0.4) is 0 Å². The van der Waals surface area contributed by atoms with Crippen molar-refractivity contribution in [2.75, 3.05) is 6.61 Å². The largest absolute Gasteiger partial charge is 0.377 e. The Labute approximate surface area is 126 Å². The van der Waals surface area contributed by atoms with Gasteiger partial charge in [0.2, 0.25) is 0 Å². The van der Waals surface area contributed by atoms with E-state index in [0.29, 0.717) is 12.1 Å². The van der Waals surface area contributed by atoms with Gasteiger partial charge in [-0.25, -0.2) is 0 Å². The molecule has 0 spiro atoms. The van der Waals surface area contributed by atoms with Gasteiger partial charge in [0.05, 0.1) is 6.10 Å². The summed E-state index contributed by atoms with van der Waals surface area (Å²) in [5.41, 5.74) is 6.08. The van der Waals surface area contributed by atoms with Gasteiger partial charge in [0, 0.05) is 12.6 Å². The Hall–Kier alpha value is -0.0800. The molecule has 2 atom stereocenters. The molecule has 0 saturated heterocycles. The van der Waals surface area contributed by atoms with E-state index in [1.54, 1.807) is 0 Å². The lowest BCUT2D eigenvalue weighted by Crippen LogP contribution is -2.39. The Bertz CT molecular complexity index is 208. The maximum Gasteiger partial charge on any atom is 0.0725 e. The number of rotatable bonds is 12. The van der Waals surface area contributed by atoms with Gasteiger partial charge >= 0.3 is 0 Å². The van der Waals surface area contributed by atoms with Crippen LogP contribution >= 0.6 is 0 Å². The first-order chi connectivity index (χ1) is 9.84. The van der Waals surface area contributed by atoms with Crippen LogP contribution in [0.15, 0.2) is 0 Å². The van der Waals surface area contributed by atoms with E-state index in [1.165, 1.54) is 83.5 Å². The van der Waals surface area contributed by atoms with Crippen molar-refractivity contribution in [3.05, 3.63) is 0 Å². The van der Waals surface area contributed by atoms with Crippen molar-refractivity contribution < 1.29 is 4.74 Å². The summed E-state index contributed by atoms with van der Waals surface area (Å²) < 4.78 is 5.94. The zero-order chi connectivity index (χ0) is 14.5. The SMILES string of the molecule is CCCCCCCCCCCCOC1CCCCC1N. The first-order valence-corrected chi connectivity index (χ1v) is 9.21.